The van der Waals surface area contributed by atoms with Gasteiger partial charge in [-0.15, -0.1) is 0 Å². The lowest BCUT2D eigenvalue weighted by Gasteiger charge is -2.36. The molecule has 0 aromatic heterocycles. The summed E-state index contributed by atoms with van der Waals surface area (Å²) in [6.45, 7) is 8.01. The number of amides is 1. The van der Waals surface area contributed by atoms with Crippen molar-refractivity contribution in [1.29, 1.82) is 0 Å². The number of nitrogens with two attached hydrogens (primary N) is 1. The van der Waals surface area contributed by atoms with Crippen LogP contribution in [0.3, 0.4) is 0 Å². The summed E-state index contributed by atoms with van der Waals surface area (Å²) in [5.41, 5.74) is 7.03. The van der Waals surface area contributed by atoms with Crippen molar-refractivity contribution in [3.8, 4) is 0 Å². The second-order valence-corrected chi connectivity index (χ2v) is 6.32. The summed E-state index contributed by atoms with van der Waals surface area (Å²) in [5.74, 6) is 0.0666. The molecule has 1 heterocycles. The maximum absolute atomic E-state index is 12.3. The molecule has 1 fully saturated rings. The summed E-state index contributed by atoms with van der Waals surface area (Å²) in [4.78, 5) is 16.5. The smallest absolute Gasteiger partial charge is 0.227 e. The number of rotatable bonds is 4. The lowest BCUT2D eigenvalue weighted by atomic mass is 10.0. The van der Waals surface area contributed by atoms with Crippen molar-refractivity contribution in [3.05, 3.63) is 34.9 Å². The molecule has 0 radical (unpaired) electrons. The number of carbonyl (C=O) groups excluding carboxylic acids is 1. The van der Waals surface area contributed by atoms with Gasteiger partial charge in [-0.3, -0.25) is 9.69 Å². The van der Waals surface area contributed by atoms with Crippen LogP contribution in [0.25, 0.3) is 0 Å². The van der Waals surface area contributed by atoms with Gasteiger partial charge in [0.15, 0.2) is 0 Å². The first-order valence-corrected chi connectivity index (χ1v) is 7.86. The molecule has 0 bridgehead atoms. The molecule has 2 rings (SSSR count). The first-order valence-electron chi connectivity index (χ1n) is 7.48. The Labute approximate surface area is 131 Å². The number of hydrogen-bond acceptors (Lipinski definition) is 3. The summed E-state index contributed by atoms with van der Waals surface area (Å²) in [7, 11) is 0. The molecule has 5 heteroatoms. The molecule has 1 amide bonds. The predicted octanol–water partition coefficient (Wildman–Crippen LogP) is 1.97. The van der Waals surface area contributed by atoms with E-state index in [1.807, 2.05) is 36.9 Å². The first-order chi connectivity index (χ1) is 9.97. The van der Waals surface area contributed by atoms with Crippen LogP contribution in [0.2, 0.25) is 5.02 Å². The van der Waals surface area contributed by atoms with Crippen LogP contribution in [-0.2, 0) is 11.3 Å². The minimum atomic E-state index is -0.107. The zero-order valence-electron chi connectivity index (χ0n) is 12.8. The summed E-state index contributed by atoms with van der Waals surface area (Å²) < 4.78 is 0. The number of halogens is 1. The highest BCUT2D eigenvalue weighted by molar-refractivity contribution is 6.30. The molecule has 116 valence electrons. The fourth-order valence-electron chi connectivity index (χ4n) is 2.53. The van der Waals surface area contributed by atoms with Crippen molar-refractivity contribution < 1.29 is 4.79 Å². The minimum absolute atomic E-state index is 0.0954. The van der Waals surface area contributed by atoms with E-state index in [1.54, 1.807) is 0 Å². The van der Waals surface area contributed by atoms with E-state index in [0.717, 1.165) is 37.7 Å². The van der Waals surface area contributed by atoms with Crippen molar-refractivity contribution in [2.24, 2.45) is 11.7 Å². The van der Waals surface area contributed by atoms with Gasteiger partial charge in [0.1, 0.15) is 0 Å². The van der Waals surface area contributed by atoms with Crippen molar-refractivity contribution in [1.82, 2.24) is 9.80 Å². The zero-order valence-corrected chi connectivity index (χ0v) is 13.5. The van der Waals surface area contributed by atoms with Gasteiger partial charge in [0.05, 0.1) is 5.92 Å². The van der Waals surface area contributed by atoms with Gasteiger partial charge in [0.2, 0.25) is 5.91 Å². The molecule has 1 aromatic carbocycles. The third-order valence-corrected chi connectivity index (χ3v) is 4.39. The molecule has 2 N–H and O–H groups in total. The quantitative estimate of drug-likeness (QED) is 0.925. The summed E-state index contributed by atoms with van der Waals surface area (Å²) >= 11 is 6.01. The molecule has 21 heavy (non-hydrogen) atoms. The summed E-state index contributed by atoms with van der Waals surface area (Å²) in [6.07, 6.45) is 0. The van der Waals surface area contributed by atoms with Crippen molar-refractivity contribution in [2.75, 3.05) is 26.2 Å². The van der Waals surface area contributed by atoms with Crippen LogP contribution in [-0.4, -0.2) is 47.9 Å². The van der Waals surface area contributed by atoms with E-state index < -0.39 is 0 Å². The number of carbonyl (C=O) groups is 1. The van der Waals surface area contributed by atoms with Gasteiger partial charge in [0, 0.05) is 43.8 Å². The van der Waals surface area contributed by atoms with Gasteiger partial charge in [-0.05, 0) is 24.6 Å². The highest BCUT2D eigenvalue weighted by atomic mass is 35.5. The van der Waals surface area contributed by atoms with Gasteiger partial charge in [0.25, 0.3) is 0 Å². The van der Waals surface area contributed by atoms with Crippen molar-refractivity contribution in [3.63, 3.8) is 0 Å². The third-order valence-electron chi connectivity index (χ3n) is 4.16. The van der Waals surface area contributed by atoms with Crippen LogP contribution < -0.4 is 5.73 Å². The topological polar surface area (TPSA) is 49.6 Å². The standard InChI is InChI=1S/C16H24ClN3O/c1-12(13(2)18)16(21)20-8-6-19(7-9-20)11-14-4-3-5-15(17)10-14/h3-5,10,12-13H,6-9,11,18H2,1-2H3. The molecule has 0 aliphatic carbocycles. The van der Waals surface area contributed by atoms with E-state index in [-0.39, 0.29) is 17.9 Å². The molecule has 1 aromatic rings. The second kappa shape index (κ2) is 7.25. The number of benzene rings is 1. The molecule has 4 nitrogen and oxygen atoms in total. The van der Waals surface area contributed by atoms with E-state index in [0.29, 0.717) is 0 Å². The van der Waals surface area contributed by atoms with Crippen LogP contribution in [0.15, 0.2) is 24.3 Å². The number of nitrogens with zero attached hydrogens (tertiary/aromatic N) is 2. The maximum Gasteiger partial charge on any atom is 0.227 e. The molecule has 2 unspecified atom stereocenters. The monoisotopic (exact) mass is 309 g/mol. The van der Waals surface area contributed by atoms with E-state index in [4.69, 9.17) is 17.3 Å². The second-order valence-electron chi connectivity index (χ2n) is 5.88. The van der Waals surface area contributed by atoms with Crippen molar-refractivity contribution in [2.45, 2.75) is 26.4 Å². The van der Waals surface area contributed by atoms with E-state index in [2.05, 4.69) is 11.0 Å². The normalized spacial score (nSPS) is 19.3. The Morgan fingerprint density at radius 2 is 1.95 bits per heavy atom. The van der Waals surface area contributed by atoms with Crippen LogP contribution in [0.4, 0.5) is 0 Å². The van der Waals surface area contributed by atoms with Crippen LogP contribution in [0.5, 0.6) is 0 Å². The van der Waals surface area contributed by atoms with Crippen LogP contribution in [0.1, 0.15) is 19.4 Å². The largest absolute Gasteiger partial charge is 0.340 e. The zero-order chi connectivity index (χ0) is 15.4. The van der Waals surface area contributed by atoms with E-state index in [1.165, 1.54) is 5.56 Å². The molecule has 1 aliphatic heterocycles. The predicted molar refractivity (Wildman–Crippen MR) is 86.1 cm³/mol. The van der Waals surface area contributed by atoms with Crippen molar-refractivity contribution >= 4 is 17.5 Å². The Morgan fingerprint density at radius 3 is 2.52 bits per heavy atom. The minimum Gasteiger partial charge on any atom is -0.340 e. The molecule has 1 saturated heterocycles. The lowest BCUT2D eigenvalue weighted by molar-refractivity contribution is -0.137. The molecule has 0 saturated carbocycles. The average molecular weight is 310 g/mol. The Balaban J connectivity index is 1.84. The first kappa shape index (κ1) is 16.3. The third kappa shape index (κ3) is 4.43. The highest BCUT2D eigenvalue weighted by Gasteiger charge is 2.26. The van der Waals surface area contributed by atoms with Gasteiger partial charge in [-0.1, -0.05) is 30.7 Å². The molecule has 2 atom stereocenters. The summed E-state index contributed by atoms with van der Waals surface area (Å²) in [6, 6.07) is 7.85. The van der Waals surface area contributed by atoms with Crippen LogP contribution in [0, 0.1) is 5.92 Å². The van der Waals surface area contributed by atoms with Gasteiger partial charge < -0.3 is 10.6 Å². The number of hydrogen-bond donors (Lipinski definition) is 1. The average Bonchev–Trinajstić information content (AvgIpc) is 2.46. The van der Waals surface area contributed by atoms with Gasteiger partial charge >= 0.3 is 0 Å². The molecular weight excluding hydrogens is 286 g/mol. The number of piperazine rings is 1. The van der Waals surface area contributed by atoms with Gasteiger partial charge in [-0.25, -0.2) is 0 Å². The highest BCUT2D eigenvalue weighted by Crippen LogP contribution is 2.15. The molecular formula is C16H24ClN3O. The maximum atomic E-state index is 12.3. The van der Waals surface area contributed by atoms with Gasteiger partial charge in [-0.2, -0.15) is 0 Å². The Hall–Kier alpha value is -1.10. The fourth-order valence-corrected chi connectivity index (χ4v) is 2.75. The summed E-state index contributed by atoms with van der Waals surface area (Å²) in [5, 5.41) is 0.770. The Morgan fingerprint density at radius 1 is 1.29 bits per heavy atom. The van der Waals surface area contributed by atoms with E-state index in [9.17, 15) is 4.79 Å². The SMILES string of the molecule is CC(N)C(C)C(=O)N1CCN(Cc2cccc(Cl)c2)CC1. The fraction of sp³-hybridized carbons (Fsp3) is 0.562. The Kier molecular flexibility index (Phi) is 5.62. The lowest BCUT2D eigenvalue weighted by Crippen LogP contribution is -2.51. The molecule has 0 spiro atoms. The van der Waals surface area contributed by atoms with Crippen LogP contribution >= 0.6 is 11.6 Å². The molecule has 1 aliphatic rings. The van der Waals surface area contributed by atoms with E-state index >= 15 is 0 Å². The Bertz CT molecular complexity index is 484.